The van der Waals surface area contributed by atoms with Crippen LogP contribution in [0.2, 0.25) is 5.28 Å². The number of nitrogens with one attached hydrogen (secondary N) is 2. The third-order valence-corrected chi connectivity index (χ3v) is 5.70. The first-order chi connectivity index (χ1) is 12.6. The monoisotopic (exact) mass is 384 g/mol. The van der Waals surface area contributed by atoms with Crippen LogP contribution < -0.4 is 10.6 Å². The molecule has 9 heteroatoms. The van der Waals surface area contributed by atoms with Crippen molar-refractivity contribution in [3.8, 4) is 5.82 Å². The molecule has 0 aliphatic carbocycles. The van der Waals surface area contributed by atoms with E-state index in [4.69, 9.17) is 11.6 Å². The zero-order chi connectivity index (χ0) is 17.8. The van der Waals surface area contributed by atoms with Gasteiger partial charge in [-0.25, -0.2) is 14.6 Å². The van der Waals surface area contributed by atoms with E-state index < -0.39 is 0 Å². The predicted octanol–water partition coefficient (Wildman–Crippen LogP) is 3.23. The number of benzene rings is 1. The first-order valence-electron chi connectivity index (χ1n) is 8.08. The van der Waals surface area contributed by atoms with Gasteiger partial charge in [0.25, 0.3) is 5.91 Å². The molecule has 4 heterocycles. The number of carbonyl (C=O) groups excluding carboxylic acids is 1. The summed E-state index contributed by atoms with van der Waals surface area (Å²) in [6.07, 6.45) is 1.53. The molecule has 0 radical (unpaired) electrons. The minimum atomic E-state index is -0.0336. The maximum atomic E-state index is 12.5. The Morgan fingerprint density at radius 3 is 3.00 bits per heavy atom. The molecule has 0 saturated carbocycles. The van der Waals surface area contributed by atoms with Crippen LogP contribution in [0.4, 0.5) is 5.69 Å². The van der Waals surface area contributed by atoms with Crippen molar-refractivity contribution >= 4 is 55.5 Å². The van der Waals surface area contributed by atoms with Gasteiger partial charge < -0.3 is 10.6 Å². The fourth-order valence-corrected chi connectivity index (χ4v) is 4.42. The molecule has 1 aromatic carbocycles. The Morgan fingerprint density at radius 1 is 1.31 bits per heavy atom. The maximum Gasteiger partial charge on any atom is 0.263 e. The average molecular weight is 385 g/mol. The summed E-state index contributed by atoms with van der Waals surface area (Å²) in [6.45, 7) is 2.67. The second-order valence-electron chi connectivity index (χ2n) is 6.19. The summed E-state index contributed by atoms with van der Waals surface area (Å²) in [4.78, 5) is 21.8. The van der Waals surface area contributed by atoms with Gasteiger partial charge in [0.05, 0.1) is 11.2 Å². The van der Waals surface area contributed by atoms with Crippen LogP contribution in [0.15, 0.2) is 30.6 Å². The molecule has 0 bridgehead atoms. The molecule has 5 rings (SSSR count). The number of carbonyl (C=O) groups is 1. The Kier molecular flexibility index (Phi) is 3.38. The van der Waals surface area contributed by atoms with Crippen LogP contribution >= 0.6 is 22.9 Å². The number of fused-ring (bicyclic) bond motifs is 5. The van der Waals surface area contributed by atoms with Gasteiger partial charge in [-0.15, -0.1) is 16.4 Å². The van der Waals surface area contributed by atoms with Crippen LogP contribution in [0.1, 0.15) is 16.6 Å². The second kappa shape index (κ2) is 5.65. The first-order valence-corrected chi connectivity index (χ1v) is 9.28. The van der Waals surface area contributed by atoms with E-state index >= 15 is 0 Å². The van der Waals surface area contributed by atoms with Gasteiger partial charge in [-0.2, -0.15) is 0 Å². The van der Waals surface area contributed by atoms with Crippen LogP contribution in [0.5, 0.6) is 0 Å². The van der Waals surface area contributed by atoms with Gasteiger partial charge in [-0.3, -0.25) is 4.79 Å². The number of thiophene rings is 1. The minimum absolute atomic E-state index is 0.0336. The highest BCUT2D eigenvalue weighted by atomic mass is 35.5. The van der Waals surface area contributed by atoms with Gasteiger partial charge >= 0.3 is 0 Å². The predicted molar refractivity (Wildman–Crippen MR) is 102 cm³/mol. The van der Waals surface area contributed by atoms with Crippen LogP contribution in [0.25, 0.3) is 26.8 Å². The van der Waals surface area contributed by atoms with Gasteiger partial charge in [0, 0.05) is 28.1 Å². The van der Waals surface area contributed by atoms with E-state index in [-0.39, 0.29) is 17.2 Å². The molecule has 0 fully saturated rings. The Bertz CT molecular complexity index is 1180. The number of nitrogens with zero attached hydrogens (tertiary/aromatic N) is 4. The molecular weight excluding hydrogens is 372 g/mol. The molecule has 7 nitrogen and oxygen atoms in total. The summed E-state index contributed by atoms with van der Waals surface area (Å²) in [6, 6.07) is 7.90. The molecule has 2 N–H and O–H groups in total. The molecule has 0 spiro atoms. The summed E-state index contributed by atoms with van der Waals surface area (Å²) in [5.74, 6) is 0.602. The van der Waals surface area contributed by atoms with Crippen molar-refractivity contribution in [3.05, 3.63) is 40.8 Å². The number of hydrogen-bond acceptors (Lipinski definition) is 6. The van der Waals surface area contributed by atoms with Crippen LogP contribution in [0.3, 0.4) is 0 Å². The Morgan fingerprint density at radius 2 is 2.19 bits per heavy atom. The molecule has 1 aliphatic heterocycles. The van der Waals surface area contributed by atoms with E-state index in [0.29, 0.717) is 17.2 Å². The molecule has 1 atom stereocenters. The molecule has 26 heavy (non-hydrogen) atoms. The van der Waals surface area contributed by atoms with Crippen LogP contribution in [0, 0.1) is 0 Å². The molecular formula is C17H13ClN6OS. The number of aromatic nitrogens is 4. The van der Waals surface area contributed by atoms with Crippen molar-refractivity contribution in [1.82, 2.24) is 25.1 Å². The van der Waals surface area contributed by atoms with E-state index in [9.17, 15) is 4.79 Å². The molecule has 0 saturated heterocycles. The van der Waals surface area contributed by atoms with E-state index in [1.807, 2.05) is 31.2 Å². The zero-order valence-electron chi connectivity index (χ0n) is 13.7. The van der Waals surface area contributed by atoms with E-state index in [0.717, 1.165) is 26.7 Å². The third-order valence-electron chi connectivity index (χ3n) is 4.37. The zero-order valence-corrected chi connectivity index (χ0v) is 15.2. The average Bonchev–Trinajstić information content (AvgIpc) is 3.19. The lowest BCUT2D eigenvalue weighted by molar-refractivity contribution is 0.0949. The van der Waals surface area contributed by atoms with Gasteiger partial charge in [-0.05, 0) is 42.8 Å². The molecule has 1 aliphatic rings. The standard InChI is InChI=1S/C17H13ClN6OS/c1-8-6-19-14-13-9-2-5-12(24-7-20-17(18)23-24)22-10(9)3-4-11(13)26-15(14)16(25)21-8/h2-5,7-8,19H,6H2,1H3,(H,21,25)/t8-/m1/s1. The highest BCUT2D eigenvalue weighted by Crippen LogP contribution is 2.40. The number of pyridine rings is 1. The number of amides is 1. The molecule has 4 aromatic rings. The van der Waals surface area contributed by atoms with E-state index in [1.165, 1.54) is 22.3 Å². The number of rotatable bonds is 1. The first kappa shape index (κ1) is 15.5. The number of hydrogen-bond donors (Lipinski definition) is 2. The summed E-state index contributed by atoms with van der Waals surface area (Å²) in [5.41, 5.74) is 1.71. The van der Waals surface area contributed by atoms with Crippen molar-refractivity contribution in [2.24, 2.45) is 0 Å². The fourth-order valence-electron chi connectivity index (χ4n) is 3.20. The van der Waals surface area contributed by atoms with Crippen LogP contribution in [-0.2, 0) is 0 Å². The molecule has 130 valence electrons. The normalized spacial score (nSPS) is 17.0. The highest BCUT2D eigenvalue weighted by molar-refractivity contribution is 7.21. The highest BCUT2D eigenvalue weighted by Gasteiger charge is 2.24. The van der Waals surface area contributed by atoms with Crippen molar-refractivity contribution in [2.75, 3.05) is 11.9 Å². The van der Waals surface area contributed by atoms with Gasteiger partial charge in [0.2, 0.25) is 5.28 Å². The number of anilines is 1. The minimum Gasteiger partial charge on any atom is -0.381 e. The third kappa shape index (κ3) is 2.33. The fraction of sp³-hybridized carbons (Fsp3) is 0.176. The largest absolute Gasteiger partial charge is 0.381 e. The lowest BCUT2D eigenvalue weighted by Crippen LogP contribution is -2.34. The Labute approximate surface area is 157 Å². The molecule has 3 aromatic heterocycles. The van der Waals surface area contributed by atoms with E-state index in [1.54, 1.807) is 0 Å². The summed E-state index contributed by atoms with van der Waals surface area (Å²) < 4.78 is 2.59. The lowest BCUT2D eigenvalue weighted by Gasteiger charge is -2.10. The summed E-state index contributed by atoms with van der Waals surface area (Å²) >= 11 is 7.29. The SMILES string of the molecule is C[C@@H]1CNc2c(sc3ccc4nc(-n5cnc(Cl)n5)ccc4c23)C(=O)N1. The molecule has 1 amide bonds. The van der Waals surface area contributed by atoms with Gasteiger partial charge in [0.15, 0.2) is 5.82 Å². The van der Waals surface area contributed by atoms with Crippen molar-refractivity contribution < 1.29 is 4.79 Å². The van der Waals surface area contributed by atoms with Crippen molar-refractivity contribution in [2.45, 2.75) is 13.0 Å². The topological polar surface area (TPSA) is 84.7 Å². The van der Waals surface area contributed by atoms with Crippen molar-refractivity contribution in [3.63, 3.8) is 0 Å². The van der Waals surface area contributed by atoms with Crippen molar-refractivity contribution in [1.29, 1.82) is 0 Å². The smallest absolute Gasteiger partial charge is 0.263 e. The lowest BCUT2D eigenvalue weighted by atomic mass is 10.1. The Hall–Kier alpha value is -2.71. The summed E-state index contributed by atoms with van der Waals surface area (Å²) in [7, 11) is 0. The second-order valence-corrected chi connectivity index (χ2v) is 7.58. The van der Waals surface area contributed by atoms with Crippen LogP contribution in [-0.4, -0.2) is 38.2 Å². The van der Waals surface area contributed by atoms with E-state index in [2.05, 4.69) is 25.7 Å². The number of halogens is 1. The van der Waals surface area contributed by atoms with Gasteiger partial charge in [0.1, 0.15) is 11.2 Å². The molecule has 0 unspecified atom stereocenters. The summed E-state index contributed by atoms with van der Waals surface area (Å²) in [5, 5.41) is 12.7. The maximum absolute atomic E-state index is 12.5. The quantitative estimate of drug-likeness (QED) is 0.526. The van der Waals surface area contributed by atoms with Gasteiger partial charge in [-0.1, -0.05) is 0 Å². The Balaban J connectivity index is 1.74.